The molecule has 3 rings (SSSR count). The number of ether oxygens (including phenoxy) is 1. The number of likely N-dealkylation sites (N-methyl/N-ethyl adjacent to an activating group) is 1. The van der Waals surface area contributed by atoms with Crippen molar-refractivity contribution >= 4 is 11.6 Å². The van der Waals surface area contributed by atoms with Crippen LogP contribution in [-0.4, -0.2) is 25.4 Å². The molecule has 5 heteroatoms. The zero-order valence-corrected chi connectivity index (χ0v) is 9.51. The van der Waals surface area contributed by atoms with Gasteiger partial charge in [-0.3, -0.25) is 0 Å². The first-order valence-electron chi connectivity index (χ1n) is 5.45. The fraction of sp³-hybridized carbons (Fsp3) is 0.250. The molecule has 88 valence electrons. The first-order valence-corrected chi connectivity index (χ1v) is 5.45. The number of para-hydroxylation sites is 1. The van der Waals surface area contributed by atoms with Gasteiger partial charge in [-0.1, -0.05) is 11.2 Å². The average molecular weight is 231 g/mol. The molecule has 1 aromatic heterocycles. The molecule has 2 N–H and O–H groups in total. The van der Waals surface area contributed by atoms with Crippen LogP contribution in [0.5, 0.6) is 5.75 Å². The molecule has 2 aromatic rings. The molecule has 0 atom stereocenters. The van der Waals surface area contributed by atoms with Gasteiger partial charge in [0.1, 0.15) is 12.3 Å². The van der Waals surface area contributed by atoms with Gasteiger partial charge in [0.15, 0.2) is 5.75 Å². The Labute approximate surface area is 98.8 Å². The van der Waals surface area contributed by atoms with E-state index >= 15 is 0 Å². The second kappa shape index (κ2) is 3.69. The van der Waals surface area contributed by atoms with Crippen LogP contribution in [0.25, 0.3) is 11.3 Å². The van der Waals surface area contributed by atoms with Gasteiger partial charge in [0.2, 0.25) is 5.88 Å². The lowest BCUT2D eigenvalue weighted by atomic mass is 10.1. The van der Waals surface area contributed by atoms with Crippen molar-refractivity contribution in [2.75, 3.05) is 30.8 Å². The van der Waals surface area contributed by atoms with Crippen LogP contribution in [0.1, 0.15) is 0 Å². The van der Waals surface area contributed by atoms with Crippen molar-refractivity contribution in [3.05, 3.63) is 24.3 Å². The van der Waals surface area contributed by atoms with E-state index in [-0.39, 0.29) is 0 Å². The van der Waals surface area contributed by atoms with Gasteiger partial charge in [-0.05, 0) is 12.1 Å². The Morgan fingerprint density at radius 2 is 2.29 bits per heavy atom. The molecule has 0 aliphatic carbocycles. The van der Waals surface area contributed by atoms with Crippen LogP contribution in [0.2, 0.25) is 0 Å². The Morgan fingerprint density at radius 3 is 3.06 bits per heavy atom. The summed E-state index contributed by atoms with van der Waals surface area (Å²) >= 11 is 0. The Hall–Kier alpha value is -2.17. The summed E-state index contributed by atoms with van der Waals surface area (Å²) in [6.45, 7) is 1.56. The van der Waals surface area contributed by atoms with E-state index in [0.29, 0.717) is 18.2 Å². The predicted octanol–water partition coefficient (Wildman–Crippen LogP) is 1.75. The third-order valence-electron chi connectivity index (χ3n) is 2.88. The van der Waals surface area contributed by atoms with E-state index in [2.05, 4.69) is 10.1 Å². The molecule has 2 heterocycles. The van der Waals surface area contributed by atoms with Crippen LogP contribution >= 0.6 is 0 Å². The van der Waals surface area contributed by atoms with Crippen molar-refractivity contribution in [1.29, 1.82) is 0 Å². The van der Waals surface area contributed by atoms with Crippen LogP contribution in [0.15, 0.2) is 28.8 Å². The molecule has 1 aromatic carbocycles. The Kier molecular flexibility index (Phi) is 2.18. The van der Waals surface area contributed by atoms with Crippen LogP contribution in [-0.2, 0) is 0 Å². The second-order valence-electron chi connectivity index (χ2n) is 4.04. The standard InChI is InChI=1S/C12H13N3O2/c1-15-5-6-16-12-8(3-2-4-10(12)15)9-7-11(13)17-14-9/h2-4,7H,5-6,13H2,1H3. The third-order valence-corrected chi connectivity index (χ3v) is 2.88. The van der Waals surface area contributed by atoms with Crippen LogP contribution in [0.4, 0.5) is 11.6 Å². The molecule has 0 unspecified atom stereocenters. The number of fused-ring (bicyclic) bond motifs is 1. The van der Waals surface area contributed by atoms with Gasteiger partial charge in [0.25, 0.3) is 0 Å². The largest absolute Gasteiger partial charge is 0.489 e. The summed E-state index contributed by atoms with van der Waals surface area (Å²) in [6.07, 6.45) is 0. The quantitative estimate of drug-likeness (QED) is 0.810. The van der Waals surface area contributed by atoms with Gasteiger partial charge in [0.05, 0.1) is 12.2 Å². The van der Waals surface area contributed by atoms with Crippen molar-refractivity contribution in [2.24, 2.45) is 0 Å². The lowest BCUT2D eigenvalue weighted by molar-refractivity contribution is 0.312. The summed E-state index contributed by atoms with van der Waals surface area (Å²) in [4.78, 5) is 2.16. The molecule has 0 amide bonds. The van der Waals surface area contributed by atoms with Gasteiger partial charge in [-0.15, -0.1) is 0 Å². The highest BCUT2D eigenvalue weighted by molar-refractivity contribution is 5.78. The van der Waals surface area contributed by atoms with E-state index in [0.717, 1.165) is 23.5 Å². The number of hydrogen-bond donors (Lipinski definition) is 1. The van der Waals surface area contributed by atoms with Crippen molar-refractivity contribution in [3.63, 3.8) is 0 Å². The van der Waals surface area contributed by atoms with E-state index in [1.807, 2.05) is 25.2 Å². The number of anilines is 2. The summed E-state index contributed by atoms with van der Waals surface area (Å²) in [5, 5.41) is 3.92. The number of nitrogens with two attached hydrogens (primary N) is 1. The van der Waals surface area contributed by atoms with E-state index < -0.39 is 0 Å². The van der Waals surface area contributed by atoms with E-state index in [1.165, 1.54) is 0 Å². The fourth-order valence-corrected chi connectivity index (χ4v) is 2.00. The minimum Gasteiger partial charge on any atom is -0.489 e. The lowest BCUT2D eigenvalue weighted by Gasteiger charge is -2.28. The topological polar surface area (TPSA) is 64.5 Å². The van der Waals surface area contributed by atoms with Gasteiger partial charge >= 0.3 is 0 Å². The Morgan fingerprint density at radius 1 is 1.41 bits per heavy atom. The summed E-state index contributed by atoms with van der Waals surface area (Å²) in [6, 6.07) is 7.66. The third kappa shape index (κ3) is 1.60. The normalized spacial score (nSPS) is 14.3. The molecular formula is C12H13N3O2. The molecule has 0 spiro atoms. The van der Waals surface area contributed by atoms with Crippen molar-refractivity contribution in [2.45, 2.75) is 0 Å². The monoisotopic (exact) mass is 231 g/mol. The summed E-state index contributed by atoms with van der Waals surface area (Å²) < 4.78 is 10.6. The van der Waals surface area contributed by atoms with E-state index in [1.54, 1.807) is 6.07 Å². The second-order valence-corrected chi connectivity index (χ2v) is 4.04. The molecule has 1 aliphatic heterocycles. The number of aromatic nitrogens is 1. The average Bonchev–Trinajstić information content (AvgIpc) is 2.76. The minimum atomic E-state index is 0.307. The van der Waals surface area contributed by atoms with Crippen LogP contribution < -0.4 is 15.4 Å². The van der Waals surface area contributed by atoms with Gasteiger partial charge < -0.3 is 19.9 Å². The van der Waals surface area contributed by atoms with E-state index in [9.17, 15) is 0 Å². The number of nitrogen functional groups attached to an aromatic ring is 1. The Bertz CT molecular complexity index is 550. The molecular weight excluding hydrogens is 218 g/mol. The lowest BCUT2D eigenvalue weighted by Crippen LogP contribution is -2.28. The maximum absolute atomic E-state index is 5.72. The SMILES string of the molecule is CN1CCOc2c(-c3cc(N)on3)cccc21. The zero-order chi connectivity index (χ0) is 11.8. The van der Waals surface area contributed by atoms with Gasteiger partial charge in [0, 0.05) is 18.7 Å². The highest BCUT2D eigenvalue weighted by Gasteiger charge is 2.20. The maximum atomic E-state index is 5.72. The Balaban J connectivity index is 2.15. The first-order chi connectivity index (χ1) is 8.25. The number of hydrogen-bond acceptors (Lipinski definition) is 5. The summed E-state index contributed by atoms with van der Waals surface area (Å²) in [5.41, 5.74) is 8.22. The van der Waals surface area contributed by atoms with Gasteiger partial charge in [-0.25, -0.2) is 0 Å². The number of benzene rings is 1. The molecule has 0 saturated carbocycles. The predicted molar refractivity (Wildman–Crippen MR) is 65.1 cm³/mol. The molecule has 17 heavy (non-hydrogen) atoms. The molecule has 5 nitrogen and oxygen atoms in total. The summed E-state index contributed by atoms with van der Waals surface area (Å²) in [7, 11) is 2.04. The molecule has 0 bridgehead atoms. The molecule has 1 aliphatic rings. The van der Waals surface area contributed by atoms with Crippen molar-refractivity contribution in [1.82, 2.24) is 5.16 Å². The molecule has 0 fully saturated rings. The molecule has 0 saturated heterocycles. The van der Waals surface area contributed by atoms with Gasteiger partial charge in [-0.2, -0.15) is 0 Å². The van der Waals surface area contributed by atoms with Crippen LogP contribution in [0, 0.1) is 0 Å². The highest BCUT2D eigenvalue weighted by atomic mass is 16.5. The number of nitrogens with zero attached hydrogens (tertiary/aromatic N) is 2. The molecule has 0 radical (unpaired) electrons. The van der Waals surface area contributed by atoms with E-state index in [4.69, 9.17) is 15.0 Å². The summed E-state index contributed by atoms with van der Waals surface area (Å²) in [5.74, 6) is 1.15. The first kappa shape index (κ1) is 10.0. The zero-order valence-electron chi connectivity index (χ0n) is 9.51. The smallest absolute Gasteiger partial charge is 0.222 e. The minimum absolute atomic E-state index is 0.307. The highest BCUT2D eigenvalue weighted by Crippen LogP contribution is 2.39. The fourth-order valence-electron chi connectivity index (χ4n) is 2.00. The van der Waals surface area contributed by atoms with Crippen molar-refractivity contribution in [3.8, 4) is 17.0 Å². The van der Waals surface area contributed by atoms with Crippen molar-refractivity contribution < 1.29 is 9.26 Å². The maximum Gasteiger partial charge on any atom is 0.222 e. The van der Waals surface area contributed by atoms with Crippen LogP contribution in [0.3, 0.4) is 0 Å². The number of rotatable bonds is 1.